The topological polar surface area (TPSA) is 51.6 Å². The Morgan fingerprint density at radius 3 is 1.67 bits per heavy atom. The quantitative estimate of drug-likeness (QED) is 0.162. The van der Waals surface area contributed by atoms with Crippen molar-refractivity contribution in [2.45, 2.75) is 0 Å². The minimum atomic E-state index is 0.668. The molecule has 11 aromatic rings. The van der Waals surface area contributed by atoms with E-state index < -0.39 is 0 Å². The van der Waals surface area contributed by atoms with Gasteiger partial charge in [0.2, 0.25) is 0 Å². The number of nitrogens with zero attached hydrogens (tertiary/aromatic N) is 4. The molecule has 11 rings (SSSR count). The Bertz CT molecular complexity index is 3340. The average Bonchev–Trinajstić information content (AvgIpc) is 3.33. The van der Waals surface area contributed by atoms with Crippen LogP contribution in [0.4, 0.5) is 0 Å². The third kappa shape index (κ3) is 6.47. The van der Waals surface area contributed by atoms with Crippen LogP contribution in [0.5, 0.6) is 0 Å². The van der Waals surface area contributed by atoms with E-state index in [1.807, 2.05) is 48.8 Å². The van der Waals surface area contributed by atoms with E-state index in [2.05, 4.69) is 175 Å². The summed E-state index contributed by atoms with van der Waals surface area (Å²) in [6.07, 6.45) is 3.69. The number of hydrogen-bond acceptors (Lipinski definition) is 4. The van der Waals surface area contributed by atoms with Crippen LogP contribution in [-0.4, -0.2) is 19.9 Å². The van der Waals surface area contributed by atoms with Crippen LogP contribution in [0.1, 0.15) is 0 Å². The maximum Gasteiger partial charge on any atom is 0.160 e. The second-order valence-corrected chi connectivity index (χ2v) is 15.0. The summed E-state index contributed by atoms with van der Waals surface area (Å²) in [6.45, 7) is 0. The van der Waals surface area contributed by atoms with Gasteiger partial charge in [-0.3, -0.25) is 9.97 Å². The van der Waals surface area contributed by atoms with Gasteiger partial charge in [0.25, 0.3) is 0 Å². The van der Waals surface area contributed by atoms with Crippen LogP contribution >= 0.6 is 0 Å². The number of pyridine rings is 2. The molecule has 4 nitrogen and oxygen atoms in total. The standard InChI is InChI=1S/C56H36N4/c1-2-14-40(15-3-1)55-51-36-41(46-20-12-16-38-13-4-5-17-45(38)46)27-30-54(51)59-56(60-55)44-34-42(37-23-25-39(26-24-37)52-21-8-10-31-57-52)33-43(35-44)47-28-29-50(53-22-9-11-32-58-53)49-19-7-6-18-48(47)49/h1-36H. The summed E-state index contributed by atoms with van der Waals surface area (Å²) in [5.74, 6) is 0.668. The summed E-state index contributed by atoms with van der Waals surface area (Å²) in [4.78, 5) is 20.1. The number of aromatic nitrogens is 4. The van der Waals surface area contributed by atoms with Crippen molar-refractivity contribution in [1.29, 1.82) is 0 Å². The van der Waals surface area contributed by atoms with E-state index >= 15 is 0 Å². The van der Waals surface area contributed by atoms with E-state index in [9.17, 15) is 0 Å². The summed E-state index contributed by atoms with van der Waals surface area (Å²) < 4.78 is 0. The molecule has 0 atom stereocenters. The second kappa shape index (κ2) is 15.0. The van der Waals surface area contributed by atoms with Gasteiger partial charge in [-0.2, -0.15) is 0 Å². The van der Waals surface area contributed by atoms with E-state index in [1.165, 1.54) is 16.3 Å². The molecule has 0 saturated heterocycles. The zero-order valence-corrected chi connectivity index (χ0v) is 32.6. The molecule has 0 aliphatic rings. The van der Waals surface area contributed by atoms with Gasteiger partial charge >= 0.3 is 0 Å². The Hall–Kier alpha value is -8.08. The van der Waals surface area contributed by atoms with Crippen LogP contribution < -0.4 is 0 Å². The summed E-state index contributed by atoms with van der Waals surface area (Å²) in [5, 5.41) is 5.74. The van der Waals surface area contributed by atoms with Crippen molar-refractivity contribution >= 4 is 32.4 Å². The van der Waals surface area contributed by atoms with Gasteiger partial charge in [0.15, 0.2) is 5.82 Å². The highest BCUT2D eigenvalue weighted by atomic mass is 14.9. The molecule has 0 saturated carbocycles. The fourth-order valence-electron chi connectivity index (χ4n) is 8.46. The minimum absolute atomic E-state index is 0.668. The minimum Gasteiger partial charge on any atom is -0.256 e. The molecule has 3 aromatic heterocycles. The summed E-state index contributed by atoms with van der Waals surface area (Å²) >= 11 is 0. The van der Waals surface area contributed by atoms with Gasteiger partial charge in [-0.15, -0.1) is 0 Å². The van der Waals surface area contributed by atoms with Crippen molar-refractivity contribution in [3.8, 4) is 78.5 Å². The molecule has 0 aliphatic carbocycles. The number of hydrogen-bond donors (Lipinski definition) is 0. The van der Waals surface area contributed by atoms with E-state index in [0.29, 0.717) is 5.82 Å². The Morgan fingerprint density at radius 1 is 0.283 bits per heavy atom. The van der Waals surface area contributed by atoms with Crippen molar-refractivity contribution in [3.05, 3.63) is 219 Å². The summed E-state index contributed by atoms with van der Waals surface area (Å²) in [7, 11) is 0. The predicted octanol–water partition coefficient (Wildman–Crippen LogP) is 14.4. The molecule has 0 aliphatic heterocycles. The summed E-state index contributed by atoms with van der Waals surface area (Å²) in [5.41, 5.74) is 14.5. The van der Waals surface area contributed by atoms with Crippen molar-refractivity contribution in [1.82, 2.24) is 19.9 Å². The van der Waals surface area contributed by atoms with Gasteiger partial charge < -0.3 is 0 Å². The number of benzene rings is 8. The molecule has 0 fully saturated rings. The molecule has 60 heavy (non-hydrogen) atoms. The highest BCUT2D eigenvalue weighted by Crippen LogP contribution is 2.40. The zero-order valence-electron chi connectivity index (χ0n) is 32.6. The maximum absolute atomic E-state index is 5.45. The van der Waals surface area contributed by atoms with Gasteiger partial charge in [-0.05, 0) is 110 Å². The largest absolute Gasteiger partial charge is 0.256 e. The normalized spacial score (nSPS) is 11.3. The van der Waals surface area contributed by atoms with Gasteiger partial charge in [-0.25, -0.2) is 9.97 Å². The van der Waals surface area contributed by atoms with E-state index in [4.69, 9.17) is 15.0 Å². The first-order valence-electron chi connectivity index (χ1n) is 20.2. The highest BCUT2D eigenvalue weighted by molar-refractivity contribution is 6.06. The third-order valence-electron chi connectivity index (χ3n) is 11.4. The molecular formula is C56H36N4. The fraction of sp³-hybridized carbons (Fsp3) is 0. The van der Waals surface area contributed by atoms with Gasteiger partial charge in [0.1, 0.15) is 0 Å². The Balaban J connectivity index is 1.12. The lowest BCUT2D eigenvalue weighted by atomic mass is 9.90. The maximum atomic E-state index is 5.45. The van der Waals surface area contributed by atoms with E-state index in [1.54, 1.807) is 0 Å². The molecule has 3 heterocycles. The van der Waals surface area contributed by atoms with E-state index in [-0.39, 0.29) is 0 Å². The van der Waals surface area contributed by atoms with Gasteiger partial charge in [0, 0.05) is 40.0 Å². The first-order valence-corrected chi connectivity index (χ1v) is 20.2. The van der Waals surface area contributed by atoms with E-state index in [0.717, 1.165) is 88.8 Å². The number of fused-ring (bicyclic) bond motifs is 3. The second-order valence-electron chi connectivity index (χ2n) is 15.0. The van der Waals surface area contributed by atoms with Crippen molar-refractivity contribution in [2.75, 3.05) is 0 Å². The Kier molecular flexibility index (Phi) is 8.79. The fourth-order valence-corrected chi connectivity index (χ4v) is 8.46. The first-order chi connectivity index (χ1) is 29.7. The van der Waals surface area contributed by atoms with Crippen LogP contribution in [-0.2, 0) is 0 Å². The molecule has 0 radical (unpaired) electrons. The van der Waals surface area contributed by atoms with Crippen molar-refractivity contribution in [2.24, 2.45) is 0 Å². The number of rotatable bonds is 7. The smallest absolute Gasteiger partial charge is 0.160 e. The highest BCUT2D eigenvalue weighted by Gasteiger charge is 2.18. The lowest BCUT2D eigenvalue weighted by molar-refractivity contribution is 1.23. The van der Waals surface area contributed by atoms with Crippen LogP contribution in [0.2, 0.25) is 0 Å². The molecule has 4 heteroatoms. The molecule has 280 valence electrons. The monoisotopic (exact) mass is 764 g/mol. The van der Waals surface area contributed by atoms with Crippen molar-refractivity contribution in [3.63, 3.8) is 0 Å². The Morgan fingerprint density at radius 2 is 0.883 bits per heavy atom. The van der Waals surface area contributed by atoms with Crippen molar-refractivity contribution < 1.29 is 0 Å². The summed E-state index contributed by atoms with van der Waals surface area (Å²) in [6, 6.07) is 72.6. The average molecular weight is 765 g/mol. The molecule has 0 N–H and O–H groups in total. The molecule has 0 bridgehead atoms. The molecular weight excluding hydrogens is 729 g/mol. The lowest BCUT2D eigenvalue weighted by Crippen LogP contribution is -1.97. The first kappa shape index (κ1) is 35.1. The third-order valence-corrected chi connectivity index (χ3v) is 11.4. The van der Waals surface area contributed by atoms with Crippen LogP contribution in [0.3, 0.4) is 0 Å². The molecule has 0 spiro atoms. The predicted molar refractivity (Wildman–Crippen MR) is 248 cm³/mol. The van der Waals surface area contributed by atoms with Crippen LogP contribution in [0.15, 0.2) is 219 Å². The van der Waals surface area contributed by atoms with Gasteiger partial charge in [0.05, 0.1) is 22.6 Å². The van der Waals surface area contributed by atoms with Crippen LogP contribution in [0.25, 0.3) is 111 Å². The molecule has 8 aromatic carbocycles. The van der Waals surface area contributed by atoms with Gasteiger partial charge in [-0.1, -0.05) is 152 Å². The molecule has 0 amide bonds. The molecule has 0 unspecified atom stereocenters. The zero-order chi connectivity index (χ0) is 39.8. The Labute approximate surface area is 348 Å². The van der Waals surface area contributed by atoms with Crippen LogP contribution in [0, 0.1) is 0 Å². The lowest BCUT2D eigenvalue weighted by Gasteiger charge is -2.16. The SMILES string of the molecule is c1ccc(-c2nc(-c3cc(-c4ccc(-c5ccccn5)cc4)cc(-c4ccc(-c5ccccn5)c5ccccc45)c3)nc3ccc(-c4cccc5ccccc45)cc23)cc1.